The van der Waals surface area contributed by atoms with Crippen LogP contribution in [0.4, 0.5) is 0 Å². The molecule has 0 radical (unpaired) electrons. The van der Waals surface area contributed by atoms with Crippen molar-refractivity contribution in [3.63, 3.8) is 0 Å². The molecule has 1 aromatic heterocycles. The van der Waals surface area contributed by atoms with E-state index in [1.54, 1.807) is 37.3 Å². The summed E-state index contributed by atoms with van der Waals surface area (Å²) in [6.07, 6.45) is 1.52. The van der Waals surface area contributed by atoms with E-state index >= 15 is 0 Å². The fraction of sp³-hybridized carbons (Fsp3) is 0.188. The Morgan fingerprint density at radius 2 is 2.04 bits per heavy atom. The Labute approximate surface area is 137 Å². The van der Waals surface area contributed by atoms with Gasteiger partial charge >= 0.3 is 0 Å². The molecule has 1 aliphatic rings. The Balaban J connectivity index is 1.51. The number of benzene rings is 1. The maximum Gasteiger partial charge on any atom is 0.259 e. The number of hydrogen-bond donors (Lipinski definition) is 2. The first-order valence-corrected chi connectivity index (χ1v) is 7.18. The molecular formula is C16H15N3O5. The number of ether oxygens (including phenoxy) is 2. The van der Waals surface area contributed by atoms with Crippen LogP contribution in [0.5, 0.6) is 11.5 Å². The minimum atomic E-state index is -0.449. The molecule has 0 spiro atoms. The van der Waals surface area contributed by atoms with Crippen molar-refractivity contribution in [1.29, 1.82) is 0 Å². The molecule has 2 aromatic rings. The molecule has 0 unspecified atom stereocenters. The normalized spacial score (nSPS) is 12.8. The third kappa shape index (κ3) is 3.54. The number of carbonyl (C=O) groups is 2. The molecule has 2 heterocycles. The Morgan fingerprint density at radius 1 is 1.21 bits per heavy atom. The average Bonchev–Trinajstić information content (AvgIpc) is 3.27. The van der Waals surface area contributed by atoms with Crippen molar-refractivity contribution in [1.82, 2.24) is 10.7 Å². The number of nitrogens with one attached hydrogen (secondary N) is 2. The number of hydrazone groups is 1. The molecular weight excluding hydrogens is 314 g/mol. The maximum atomic E-state index is 12.0. The van der Waals surface area contributed by atoms with Gasteiger partial charge < -0.3 is 19.2 Å². The minimum Gasteiger partial charge on any atom is -0.463 e. The van der Waals surface area contributed by atoms with E-state index in [1.165, 1.54) is 6.26 Å². The molecule has 2 amide bonds. The Morgan fingerprint density at radius 3 is 2.83 bits per heavy atom. The standard InChI is InChI=1S/C16H15N3O5/c1-10(12-3-2-6-22-12)18-19-15(20)8-17-16(21)11-4-5-13-14(7-11)24-9-23-13/h2-7H,8-9H2,1H3,(H,17,21)(H,19,20)/b18-10-. The summed E-state index contributed by atoms with van der Waals surface area (Å²) in [5, 5.41) is 6.41. The van der Waals surface area contributed by atoms with Crippen molar-refractivity contribution in [2.45, 2.75) is 6.92 Å². The monoisotopic (exact) mass is 329 g/mol. The second-order valence-corrected chi connectivity index (χ2v) is 4.96. The van der Waals surface area contributed by atoms with Crippen molar-refractivity contribution in [2.24, 2.45) is 5.10 Å². The third-order valence-corrected chi connectivity index (χ3v) is 3.27. The molecule has 0 aliphatic carbocycles. The number of nitrogens with zero attached hydrogens (tertiary/aromatic N) is 1. The lowest BCUT2D eigenvalue weighted by molar-refractivity contribution is -0.120. The zero-order valence-electron chi connectivity index (χ0n) is 12.9. The average molecular weight is 329 g/mol. The maximum absolute atomic E-state index is 12.0. The van der Waals surface area contributed by atoms with Crippen molar-refractivity contribution >= 4 is 17.5 Å². The highest BCUT2D eigenvalue weighted by atomic mass is 16.7. The number of amides is 2. The first-order chi connectivity index (χ1) is 11.6. The van der Waals surface area contributed by atoms with Crippen LogP contribution in [0.1, 0.15) is 23.0 Å². The van der Waals surface area contributed by atoms with Crippen LogP contribution in [-0.2, 0) is 4.79 Å². The summed E-state index contributed by atoms with van der Waals surface area (Å²) < 4.78 is 15.5. The Hall–Kier alpha value is -3.29. The highest BCUT2D eigenvalue weighted by molar-refractivity contribution is 5.98. The van der Waals surface area contributed by atoms with Gasteiger partial charge in [-0.3, -0.25) is 9.59 Å². The summed E-state index contributed by atoms with van der Waals surface area (Å²) in [5.41, 5.74) is 3.25. The molecule has 0 fully saturated rings. The molecule has 0 bridgehead atoms. The molecule has 8 heteroatoms. The van der Waals surface area contributed by atoms with Crippen LogP contribution in [0.3, 0.4) is 0 Å². The van der Waals surface area contributed by atoms with Gasteiger partial charge in [-0.05, 0) is 37.3 Å². The van der Waals surface area contributed by atoms with Crippen molar-refractivity contribution in [3.05, 3.63) is 47.9 Å². The lowest BCUT2D eigenvalue weighted by Gasteiger charge is -2.05. The smallest absolute Gasteiger partial charge is 0.259 e. The Bertz CT molecular complexity index is 783. The van der Waals surface area contributed by atoms with E-state index in [2.05, 4.69) is 15.8 Å². The van der Waals surface area contributed by atoms with Gasteiger partial charge in [0.2, 0.25) is 6.79 Å². The van der Waals surface area contributed by atoms with Crippen LogP contribution in [0.2, 0.25) is 0 Å². The minimum absolute atomic E-state index is 0.135. The van der Waals surface area contributed by atoms with Crippen molar-refractivity contribution in [3.8, 4) is 11.5 Å². The van der Waals surface area contributed by atoms with E-state index in [9.17, 15) is 9.59 Å². The second kappa shape index (κ2) is 6.86. The van der Waals surface area contributed by atoms with Gasteiger partial charge in [0.05, 0.1) is 12.8 Å². The summed E-state index contributed by atoms with van der Waals surface area (Å²) in [4.78, 5) is 23.8. The molecule has 0 atom stereocenters. The van der Waals surface area contributed by atoms with Gasteiger partial charge in [-0.25, -0.2) is 5.43 Å². The summed E-state index contributed by atoms with van der Waals surface area (Å²) in [6, 6.07) is 8.26. The fourth-order valence-electron chi connectivity index (χ4n) is 2.03. The van der Waals surface area contributed by atoms with Gasteiger partial charge in [-0.15, -0.1) is 0 Å². The van der Waals surface area contributed by atoms with E-state index < -0.39 is 11.8 Å². The zero-order valence-corrected chi connectivity index (χ0v) is 12.9. The first-order valence-electron chi connectivity index (χ1n) is 7.18. The van der Waals surface area contributed by atoms with Gasteiger partial charge in [-0.2, -0.15) is 5.10 Å². The molecule has 2 N–H and O–H groups in total. The van der Waals surface area contributed by atoms with Crippen LogP contribution >= 0.6 is 0 Å². The molecule has 0 saturated heterocycles. The SMILES string of the molecule is C/C(=N/NC(=O)CNC(=O)c1ccc2c(c1)OCO2)c1ccco1. The fourth-order valence-corrected chi connectivity index (χ4v) is 2.03. The predicted molar refractivity (Wildman–Crippen MR) is 84.0 cm³/mol. The molecule has 24 heavy (non-hydrogen) atoms. The van der Waals surface area contributed by atoms with Gasteiger partial charge in [0, 0.05) is 5.56 Å². The largest absolute Gasteiger partial charge is 0.463 e. The Kier molecular flexibility index (Phi) is 4.46. The van der Waals surface area contributed by atoms with E-state index in [0.29, 0.717) is 28.5 Å². The van der Waals surface area contributed by atoms with E-state index in [-0.39, 0.29) is 13.3 Å². The van der Waals surface area contributed by atoms with Gasteiger partial charge in [0.25, 0.3) is 11.8 Å². The number of fused-ring (bicyclic) bond motifs is 1. The van der Waals surface area contributed by atoms with Crippen LogP contribution in [0.15, 0.2) is 46.1 Å². The predicted octanol–water partition coefficient (Wildman–Crippen LogP) is 1.28. The zero-order chi connectivity index (χ0) is 16.9. The second-order valence-electron chi connectivity index (χ2n) is 4.96. The molecule has 1 aromatic carbocycles. The highest BCUT2D eigenvalue weighted by Gasteiger charge is 2.16. The van der Waals surface area contributed by atoms with E-state index in [0.717, 1.165) is 0 Å². The number of hydrogen-bond acceptors (Lipinski definition) is 6. The van der Waals surface area contributed by atoms with E-state index in [4.69, 9.17) is 13.9 Å². The lowest BCUT2D eigenvalue weighted by Crippen LogP contribution is -2.35. The van der Waals surface area contributed by atoms with E-state index in [1.807, 2.05) is 0 Å². The molecule has 3 rings (SSSR count). The highest BCUT2D eigenvalue weighted by Crippen LogP contribution is 2.32. The summed E-state index contributed by atoms with van der Waals surface area (Å²) in [7, 11) is 0. The first kappa shape index (κ1) is 15.6. The quantitative estimate of drug-likeness (QED) is 0.635. The molecule has 1 aliphatic heterocycles. The summed E-state index contributed by atoms with van der Waals surface area (Å²) in [6.45, 7) is 1.63. The van der Waals surface area contributed by atoms with Crippen LogP contribution in [-0.4, -0.2) is 30.9 Å². The van der Waals surface area contributed by atoms with Crippen LogP contribution in [0, 0.1) is 0 Å². The summed E-state index contributed by atoms with van der Waals surface area (Å²) >= 11 is 0. The lowest BCUT2D eigenvalue weighted by atomic mass is 10.2. The third-order valence-electron chi connectivity index (χ3n) is 3.27. The molecule has 0 saturated carbocycles. The number of carbonyl (C=O) groups excluding carboxylic acids is 2. The van der Waals surface area contributed by atoms with Crippen molar-refractivity contribution < 1.29 is 23.5 Å². The van der Waals surface area contributed by atoms with Crippen LogP contribution < -0.4 is 20.2 Å². The van der Waals surface area contributed by atoms with Gasteiger partial charge in [0.15, 0.2) is 11.5 Å². The van der Waals surface area contributed by atoms with Crippen LogP contribution in [0.25, 0.3) is 0 Å². The number of rotatable bonds is 5. The topological polar surface area (TPSA) is 102 Å². The van der Waals surface area contributed by atoms with Gasteiger partial charge in [0.1, 0.15) is 11.5 Å². The number of furan rings is 1. The molecule has 124 valence electrons. The van der Waals surface area contributed by atoms with Crippen molar-refractivity contribution in [2.75, 3.05) is 13.3 Å². The van der Waals surface area contributed by atoms with Gasteiger partial charge in [-0.1, -0.05) is 0 Å². The molecule has 8 nitrogen and oxygen atoms in total. The summed E-state index contributed by atoms with van der Waals surface area (Å²) in [5.74, 6) is 0.808.